The number of piperazine rings is 1. The lowest BCUT2D eigenvalue weighted by atomic mass is 10.0. The molecule has 1 aromatic rings. The fourth-order valence-corrected chi connectivity index (χ4v) is 3.71. The first-order valence-electron chi connectivity index (χ1n) is 9.15. The minimum Gasteiger partial charge on any atom is -0.404 e. The van der Waals surface area contributed by atoms with Gasteiger partial charge in [-0.2, -0.15) is 0 Å². The molecule has 3 rings (SSSR count). The highest BCUT2D eigenvalue weighted by Crippen LogP contribution is 2.24. The average molecular weight is 458 g/mol. The van der Waals surface area contributed by atoms with Gasteiger partial charge in [-0.15, -0.1) is 0 Å². The van der Waals surface area contributed by atoms with Crippen LogP contribution in [-0.4, -0.2) is 65.7 Å². The summed E-state index contributed by atoms with van der Waals surface area (Å²) in [6, 6.07) is 2.06. The standard InChI is InChI=1S/C19H24BrN9/c1-13-10-29(11-15(26-13)14(7-21)8-22)18-3-4-25-19(27-18)16(9-23-2)28-6-5-24-17(20)12-28/h3-5,7-9,12-13,15,21,26H,2,6,10-11,22H2,1H3/b14-8+,16-9-,21-7?. The molecular formula is C19H24BrN9. The van der Waals surface area contributed by atoms with Crippen molar-refractivity contribution in [2.75, 3.05) is 24.5 Å². The Morgan fingerprint density at radius 2 is 2.31 bits per heavy atom. The Kier molecular flexibility index (Phi) is 6.89. The lowest BCUT2D eigenvalue weighted by molar-refractivity contribution is 0.423. The Morgan fingerprint density at radius 3 is 3.00 bits per heavy atom. The Morgan fingerprint density at radius 1 is 1.48 bits per heavy atom. The van der Waals surface area contributed by atoms with Crippen molar-refractivity contribution in [3.05, 3.63) is 46.9 Å². The van der Waals surface area contributed by atoms with Gasteiger partial charge in [-0.05, 0) is 35.6 Å². The van der Waals surface area contributed by atoms with Gasteiger partial charge in [-0.3, -0.25) is 9.98 Å². The molecule has 0 amide bonds. The van der Waals surface area contributed by atoms with E-state index < -0.39 is 0 Å². The number of nitrogens with one attached hydrogen (secondary N) is 2. The third kappa shape index (κ3) is 4.96. The molecule has 0 bridgehead atoms. The van der Waals surface area contributed by atoms with Crippen LogP contribution >= 0.6 is 15.9 Å². The highest BCUT2D eigenvalue weighted by atomic mass is 79.9. The van der Waals surface area contributed by atoms with E-state index in [1.54, 1.807) is 18.6 Å². The van der Waals surface area contributed by atoms with E-state index in [0.717, 1.165) is 23.6 Å². The molecule has 2 aliphatic rings. The van der Waals surface area contributed by atoms with E-state index in [1.165, 1.54) is 12.4 Å². The summed E-state index contributed by atoms with van der Waals surface area (Å²) in [4.78, 5) is 21.5. The van der Waals surface area contributed by atoms with Crippen molar-refractivity contribution in [2.24, 2.45) is 15.7 Å². The summed E-state index contributed by atoms with van der Waals surface area (Å²) in [7, 11) is 0. The Bertz CT molecular complexity index is 889. The van der Waals surface area contributed by atoms with E-state index in [0.29, 0.717) is 23.5 Å². The van der Waals surface area contributed by atoms with Gasteiger partial charge in [-0.25, -0.2) is 9.97 Å². The normalized spacial score (nSPS) is 23.0. The number of nitrogens with two attached hydrogens (primary N) is 1. The summed E-state index contributed by atoms with van der Waals surface area (Å²) >= 11 is 3.40. The van der Waals surface area contributed by atoms with Crippen molar-refractivity contribution in [3.63, 3.8) is 0 Å². The molecule has 1 saturated heterocycles. The molecule has 152 valence electrons. The maximum Gasteiger partial charge on any atom is 0.179 e. The van der Waals surface area contributed by atoms with Gasteiger partial charge in [0.1, 0.15) is 16.1 Å². The number of rotatable bonds is 6. The minimum absolute atomic E-state index is 0.0401. The zero-order valence-electron chi connectivity index (χ0n) is 16.2. The molecular weight excluding hydrogens is 434 g/mol. The van der Waals surface area contributed by atoms with Gasteiger partial charge in [0.25, 0.3) is 0 Å². The second kappa shape index (κ2) is 9.57. The highest BCUT2D eigenvalue weighted by Gasteiger charge is 2.27. The zero-order chi connectivity index (χ0) is 20.8. The van der Waals surface area contributed by atoms with Crippen LogP contribution in [0.15, 0.2) is 51.0 Å². The van der Waals surface area contributed by atoms with Crippen molar-refractivity contribution in [3.8, 4) is 0 Å². The SMILES string of the molecule is C=N/C=C(/c1nccc(N2CC(C)NC(/C(C=N)=C/N)C2)n1)N1C=C(Br)N=CC1. The van der Waals surface area contributed by atoms with Crippen LogP contribution in [0.4, 0.5) is 5.82 Å². The molecule has 0 aromatic carbocycles. The van der Waals surface area contributed by atoms with E-state index in [-0.39, 0.29) is 12.1 Å². The minimum atomic E-state index is -0.0401. The van der Waals surface area contributed by atoms with Gasteiger partial charge in [0.2, 0.25) is 0 Å². The molecule has 10 heteroatoms. The lowest BCUT2D eigenvalue weighted by Crippen LogP contribution is -2.56. The van der Waals surface area contributed by atoms with Gasteiger partial charge in [0, 0.05) is 55.7 Å². The van der Waals surface area contributed by atoms with Crippen LogP contribution in [0.1, 0.15) is 12.7 Å². The van der Waals surface area contributed by atoms with Gasteiger partial charge >= 0.3 is 0 Å². The van der Waals surface area contributed by atoms with Gasteiger partial charge in [0.15, 0.2) is 5.82 Å². The summed E-state index contributed by atoms with van der Waals surface area (Å²) in [5.74, 6) is 1.35. The van der Waals surface area contributed by atoms with Crippen LogP contribution in [0.2, 0.25) is 0 Å². The number of hydrogen-bond donors (Lipinski definition) is 3. The van der Waals surface area contributed by atoms with Crippen LogP contribution < -0.4 is 16.0 Å². The largest absolute Gasteiger partial charge is 0.404 e. The molecule has 0 aliphatic carbocycles. The van der Waals surface area contributed by atoms with E-state index in [1.807, 2.05) is 17.2 Å². The fraction of sp³-hybridized carbons (Fsp3) is 0.316. The Labute approximate surface area is 178 Å². The number of halogens is 1. The van der Waals surface area contributed by atoms with E-state index in [2.05, 4.69) is 54.8 Å². The maximum atomic E-state index is 7.59. The first kappa shape index (κ1) is 20.9. The van der Waals surface area contributed by atoms with Crippen molar-refractivity contribution in [1.82, 2.24) is 20.2 Å². The summed E-state index contributed by atoms with van der Waals surface area (Å²) in [5.41, 5.74) is 7.16. The summed E-state index contributed by atoms with van der Waals surface area (Å²) in [5, 5.41) is 11.1. The van der Waals surface area contributed by atoms with Crippen LogP contribution in [0.25, 0.3) is 5.70 Å². The molecule has 2 aliphatic heterocycles. The number of nitrogens with zero attached hydrogens (tertiary/aromatic N) is 6. The molecule has 1 fully saturated rings. The van der Waals surface area contributed by atoms with Gasteiger partial charge in [-0.1, -0.05) is 0 Å². The maximum absolute atomic E-state index is 7.59. The van der Waals surface area contributed by atoms with Gasteiger partial charge < -0.3 is 26.3 Å². The number of aromatic nitrogens is 2. The van der Waals surface area contributed by atoms with Crippen molar-refractivity contribution in [2.45, 2.75) is 19.0 Å². The van der Waals surface area contributed by atoms with E-state index in [4.69, 9.17) is 16.1 Å². The molecule has 3 heterocycles. The Balaban J connectivity index is 1.90. The van der Waals surface area contributed by atoms with Crippen LogP contribution in [0, 0.1) is 5.41 Å². The predicted molar refractivity (Wildman–Crippen MR) is 121 cm³/mol. The predicted octanol–water partition coefficient (Wildman–Crippen LogP) is 1.71. The molecule has 2 atom stereocenters. The summed E-state index contributed by atoms with van der Waals surface area (Å²) < 4.78 is 0.710. The highest BCUT2D eigenvalue weighted by molar-refractivity contribution is 9.11. The third-order valence-corrected chi connectivity index (χ3v) is 5.03. The molecule has 0 spiro atoms. The first-order valence-corrected chi connectivity index (χ1v) is 9.94. The monoisotopic (exact) mass is 457 g/mol. The van der Waals surface area contributed by atoms with Crippen LogP contribution in [0.5, 0.6) is 0 Å². The molecule has 9 nitrogen and oxygen atoms in total. The second-order valence-corrected chi connectivity index (χ2v) is 7.50. The van der Waals surface area contributed by atoms with Gasteiger partial charge in [0.05, 0.1) is 18.8 Å². The molecule has 1 aromatic heterocycles. The van der Waals surface area contributed by atoms with E-state index in [9.17, 15) is 0 Å². The van der Waals surface area contributed by atoms with Crippen molar-refractivity contribution < 1.29 is 0 Å². The van der Waals surface area contributed by atoms with Crippen molar-refractivity contribution in [1.29, 1.82) is 5.41 Å². The lowest BCUT2D eigenvalue weighted by Gasteiger charge is -2.38. The summed E-state index contributed by atoms with van der Waals surface area (Å²) in [6.45, 7) is 7.69. The summed E-state index contributed by atoms with van der Waals surface area (Å²) in [6.07, 6.45) is 9.80. The number of aliphatic imine (C=N–C) groups is 2. The molecule has 4 N–H and O–H groups in total. The van der Waals surface area contributed by atoms with Crippen LogP contribution in [0.3, 0.4) is 0 Å². The molecule has 0 radical (unpaired) electrons. The smallest absolute Gasteiger partial charge is 0.179 e. The topological polar surface area (TPSA) is 119 Å². The third-order valence-electron chi connectivity index (χ3n) is 4.62. The fourth-order valence-electron chi connectivity index (χ4n) is 3.32. The van der Waals surface area contributed by atoms with Crippen LogP contribution in [-0.2, 0) is 0 Å². The number of anilines is 1. The second-order valence-electron chi connectivity index (χ2n) is 6.69. The number of hydrogen-bond acceptors (Lipinski definition) is 9. The van der Waals surface area contributed by atoms with E-state index >= 15 is 0 Å². The molecule has 0 saturated carbocycles. The average Bonchev–Trinajstić information content (AvgIpc) is 2.72. The Hall–Kier alpha value is -2.85. The zero-order valence-corrected chi connectivity index (χ0v) is 17.7. The molecule has 2 unspecified atom stereocenters. The van der Waals surface area contributed by atoms with Crippen molar-refractivity contribution >= 4 is 46.6 Å². The molecule has 29 heavy (non-hydrogen) atoms. The quantitative estimate of drug-likeness (QED) is 0.441. The first-order chi connectivity index (χ1) is 14.0.